The SMILES string of the molecule is CCOc1cc(-c2nc(C(C)C)c(Br)c(=O)[nH]2)ccc1O. The summed E-state index contributed by atoms with van der Waals surface area (Å²) in [7, 11) is 0. The summed E-state index contributed by atoms with van der Waals surface area (Å²) in [5, 5.41) is 9.73. The van der Waals surface area contributed by atoms with Crippen LogP contribution in [0.4, 0.5) is 0 Å². The van der Waals surface area contributed by atoms with Gasteiger partial charge < -0.3 is 14.8 Å². The molecule has 2 aromatic rings. The average molecular weight is 353 g/mol. The Labute approximate surface area is 131 Å². The van der Waals surface area contributed by atoms with E-state index in [0.29, 0.717) is 33.9 Å². The zero-order chi connectivity index (χ0) is 15.6. The lowest BCUT2D eigenvalue weighted by molar-refractivity contribution is 0.318. The molecule has 6 heteroatoms. The highest BCUT2D eigenvalue weighted by Crippen LogP contribution is 2.31. The van der Waals surface area contributed by atoms with Crippen LogP contribution in [0.1, 0.15) is 32.4 Å². The molecule has 0 saturated heterocycles. The average Bonchev–Trinajstić information content (AvgIpc) is 2.44. The molecule has 21 heavy (non-hydrogen) atoms. The van der Waals surface area contributed by atoms with Crippen molar-refractivity contribution in [2.45, 2.75) is 26.7 Å². The molecule has 0 radical (unpaired) electrons. The maximum Gasteiger partial charge on any atom is 0.265 e. The Balaban J connectivity index is 2.57. The van der Waals surface area contributed by atoms with Gasteiger partial charge in [0.25, 0.3) is 5.56 Å². The summed E-state index contributed by atoms with van der Waals surface area (Å²) in [6, 6.07) is 4.88. The summed E-state index contributed by atoms with van der Waals surface area (Å²) in [4.78, 5) is 19.2. The Morgan fingerprint density at radius 1 is 1.43 bits per heavy atom. The van der Waals surface area contributed by atoms with E-state index in [1.807, 2.05) is 20.8 Å². The number of nitrogens with one attached hydrogen (secondary N) is 1. The van der Waals surface area contributed by atoms with Crippen molar-refractivity contribution in [2.75, 3.05) is 6.61 Å². The van der Waals surface area contributed by atoms with Crippen molar-refractivity contribution in [1.82, 2.24) is 9.97 Å². The van der Waals surface area contributed by atoms with E-state index in [4.69, 9.17) is 4.74 Å². The van der Waals surface area contributed by atoms with Gasteiger partial charge in [0.1, 0.15) is 10.3 Å². The van der Waals surface area contributed by atoms with Gasteiger partial charge in [-0.2, -0.15) is 0 Å². The summed E-state index contributed by atoms with van der Waals surface area (Å²) >= 11 is 3.27. The van der Waals surface area contributed by atoms with Gasteiger partial charge in [-0.05, 0) is 47.0 Å². The second kappa shape index (κ2) is 6.30. The third kappa shape index (κ3) is 3.26. The Morgan fingerprint density at radius 3 is 2.76 bits per heavy atom. The molecule has 112 valence electrons. The molecule has 0 unspecified atom stereocenters. The Bertz CT molecular complexity index is 711. The molecule has 2 rings (SSSR count). The number of H-pyrrole nitrogens is 1. The molecule has 0 fully saturated rings. The van der Waals surface area contributed by atoms with Crippen molar-refractivity contribution in [3.05, 3.63) is 38.7 Å². The normalized spacial score (nSPS) is 10.9. The van der Waals surface area contributed by atoms with Gasteiger partial charge in [0.2, 0.25) is 0 Å². The number of rotatable bonds is 4. The summed E-state index contributed by atoms with van der Waals surface area (Å²) in [6.45, 7) is 6.22. The van der Waals surface area contributed by atoms with Gasteiger partial charge in [0.15, 0.2) is 11.5 Å². The van der Waals surface area contributed by atoms with Crippen molar-refractivity contribution in [1.29, 1.82) is 0 Å². The minimum absolute atomic E-state index is 0.0594. The molecule has 0 aliphatic rings. The summed E-state index contributed by atoms with van der Waals surface area (Å²) in [5.41, 5.74) is 1.15. The van der Waals surface area contributed by atoms with E-state index in [0.717, 1.165) is 0 Å². The fraction of sp³-hybridized carbons (Fsp3) is 0.333. The number of benzene rings is 1. The Hall–Kier alpha value is -1.82. The first-order valence-electron chi connectivity index (χ1n) is 6.70. The zero-order valence-corrected chi connectivity index (χ0v) is 13.7. The largest absolute Gasteiger partial charge is 0.504 e. The summed E-state index contributed by atoms with van der Waals surface area (Å²) in [6.07, 6.45) is 0. The number of halogens is 1. The van der Waals surface area contributed by atoms with Gasteiger partial charge in [-0.25, -0.2) is 4.98 Å². The highest BCUT2D eigenvalue weighted by atomic mass is 79.9. The predicted octanol–water partition coefficient (Wildman–Crippen LogP) is 3.43. The first-order valence-corrected chi connectivity index (χ1v) is 7.49. The monoisotopic (exact) mass is 352 g/mol. The van der Waals surface area contributed by atoms with Crippen molar-refractivity contribution < 1.29 is 9.84 Å². The molecule has 0 atom stereocenters. The molecule has 0 aliphatic carbocycles. The maximum atomic E-state index is 12.0. The lowest BCUT2D eigenvalue weighted by atomic mass is 10.1. The van der Waals surface area contributed by atoms with Crippen LogP contribution >= 0.6 is 15.9 Å². The highest BCUT2D eigenvalue weighted by molar-refractivity contribution is 9.10. The molecule has 1 aromatic heterocycles. The third-order valence-electron chi connectivity index (χ3n) is 2.97. The van der Waals surface area contributed by atoms with Gasteiger partial charge in [-0.3, -0.25) is 4.79 Å². The van der Waals surface area contributed by atoms with E-state index >= 15 is 0 Å². The molecule has 0 saturated carbocycles. The van der Waals surface area contributed by atoms with Crippen LogP contribution in [0.3, 0.4) is 0 Å². The van der Waals surface area contributed by atoms with Gasteiger partial charge >= 0.3 is 0 Å². The zero-order valence-electron chi connectivity index (χ0n) is 12.1. The number of aromatic amines is 1. The second-order valence-corrected chi connectivity index (χ2v) is 5.68. The Morgan fingerprint density at radius 2 is 2.14 bits per heavy atom. The smallest absolute Gasteiger partial charge is 0.265 e. The fourth-order valence-corrected chi connectivity index (χ4v) is 2.57. The number of aromatic hydroxyl groups is 1. The van der Waals surface area contributed by atoms with Gasteiger partial charge in [0, 0.05) is 5.56 Å². The molecular weight excluding hydrogens is 336 g/mol. The summed E-state index contributed by atoms with van der Waals surface area (Å²) < 4.78 is 5.80. The van der Waals surface area contributed by atoms with Crippen LogP contribution in [0.5, 0.6) is 11.5 Å². The van der Waals surface area contributed by atoms with Crippen LogP contribution in [-0.4, -0.2) is 21.7 Å². The Kier molecular flexibility index (Phi) is 4.67. The van der Waals surface area contributed by atoms with Crippen LogP contribution in [-0.2, 0) is 0 Å². The number of ether oxygens (including phenoxy) is 1. The van der Waals surface area contributed by atoms with E-state index < -0.39 is 0 Å². The first-order chi connectivity index (χ1) is 9.93. The number of aromatic nitrogens is 2. The molecule has 0 amide bonds. The topological polar surface area (TPSA) is 75.2 Å². The third-order valence-corrected chi connectivity index (χ3v) is 3.73. The number of phenols is 1. The molecule has 1 aromatic carbocycles. The number of phenolic OH excluding ortho intramolecular Hbond substituents is 1. The number of hydrogen-bond acceptors (Lipinski definition) is 4. The molecular formula is C15H17BrN2O3. The highest BCUT2D eigenvalue weighted by Gasteiger charge is 2.14. The van der Waals surface area contributed by atoms with Crippen LogP contribution in [0.25, 0.3) is 11.4 Å². The van der Waals surface area contributed by atoms with Crippen LogP contribution < -0.4 is 10.3 Å². The van der Waals surface area contributed by atoms with Crippen LogP contribution in [0.2, 0.25) is 0 Å². The standard InChI is InChI=1S/C15H17BrN2O3/c1-4-21-11-7-9(5-6-10(11)19)14-17-13(8(2)3)12(16)15(20)18-14/h5-8,19H,4H2,1-3H3,(H,17,18,20). The van der Waals surface area contributed by atoms with Crippen molar-refractivity contribution in [2.24, 2.45) is 0 Å². The number of hydrogen-bond donors (Lipinski definition) is 2. The lowest BCUT2D eigenvalue weighted by Crippen LogP contribution is -2.14. The van der Waals surface area contributed by atoms with Crippen LogP contribution in [0, 0.1) is 0 Å². The fourth-order valence-electron chi connectivity index (χ4n) is 1.93. The van der Waals surface area contributed by atoms with E-state index in [1.54, 1.807) is 12.1 Å². The summed E-state index contributed by atoms with van der Waals surface area (Å²) in [5.74, 6) is 0.993. The van der Waals surface area contributed by atoms with E-state index in [-0.39, 0.29) is 17.2 Å². The quantitative estimate of drug-likeness (QED) is 0.883. The second-order valence-electron chi connectivity index (χ2n) is 4.88. The molecule has 0 spiro atoms. The predicted molar refractivity (Wildman–Crippen MR) is 84.9 cm³/mol. The minimum atomic E-state index is -0.227. The molecule has 0 aliphatic heterocycles. The molecule has 0 bridgehead atoms. The van der Waals surface area contributed by atoms with E-state index in [1.165, 1.54) is 6.07 Å². The van der Waals surface area contributed by atoms with Crippen LogP contribution in [0.15, 0.2) is 27.5 Å². The van der Waals surface area contributed by atoms with E-state index in [2.05, 4.69) is 25.9 Å². The molecule has 2 N–H and O–H groups in total. The number of nitrogens with zero attached hydrogens (tertiary/aromatic N) is 1. The van der Waals surface area contributed by atoms with Crippen molar-refractivity contribution in [3.63, 3.8) is 0 Å². The van der Waals surface area contributed by atoms with Gasteiger partial charge in [0.05, 0.1) is 12.3 Å². The lowest BCUT2D eigenvalue weighted by Gasteiger charge is -2.11. The minimum Gasteiger partial charge on any atom is -0.504 e. The maximum absolute atomic E-state index is 12.0. The molecule has 5 nitrogen and oxygen atoms in total. The van der Waals surface area contributed by atoms with Crippen molar-refractivity contribution in [3.8, 4) is 22.9 Å². The first kappa shape index (κ1) is 15.6. The van der Waals surface area contributed by atoms with E-state index in [9.17, 15) is 9.90 Å². The van der Waals surface area contributed by atoms with Gasteiger partial charge in [-0.15, -0.1) is 0 Å². The molecule has 1 heterocycles. The van der Waals surface area contributed by atoms with Gasteiger partial charge in [-0.1, -0.05) is 13.8 Å². The van der Waals surface area contributed by atoms with Crippen molar-refractivity contribution >= 4 is 15.9 Å².